The summed E-state index contributed by atoms with van der Waals surface area (Å²) in [5, 5.41) is 2.91. The van der Waals surface area contributed by atoms with Crippen molar-refractivity contribution in [3.8, 4) is 5.75 Å². The number of aryl methyl sites for hydroxylation is 1. The van der Waals surface area contributed by atoms with Gasteiger partial charge in [-0.25, -0.2) is 0 Å². The molecule has 3 nitrogen and oxygen atoms in total. The fourth-order valence-electron chi connectivity index (χ4n) is 1.88. The molecule has 0 bridgehead atoms. The third-order valence-electron chi connectivity index (χ3n) is 2.84. The second-order valence-electron chi connectivity index (χ2n) is 4.23. The molecule has 0 fully saturated rings. The zero-order valence-electron chi connectivity index (χ0n) is 11.0. The molecule has 5 heteroatoms. The first-order valence-electron chi connectivity index (χ1n) is 5.93. The molecule has 2 rings (SSSR count). The highest BCUT2D eigenvalue weighted by Gasteiger charge is 2.15. The number of para-hydroxylation sites is 1. The Bertz CT molecular complexity index is 658. The predicted molar refractivity (Wildman–Crippen MR) is 92.5 cm³/mol. The van der Waals surface area contributed by atoms with Crippen LogP contribution in [0.1, 0.15) is 15.9 Å². The lowest BCUT2D eigenvalue weighted by molar-refractivity contribution is 0.102. The predicted octanol–water partition coefficient (Wildman–Crippen LogP) is 4.62. The van der Waals surface area contributed by atoms with Gasteiger partial charge in [-0.1, -0.05) is 28.1 Å². The lowest BCUT2D eigenvalue weighted by Crippen LogP contribution is -2.14. The molecule has 0 unspecified atom stereocenters. The molecule has 0 spiro atoms. The first-order chi connectivity index (χ1) is 9.52. The second kappa shape index (κ2) is 6.58. The Labute approximate surface area is 140 Å². The molecule has 0 atom stereocenters. The van der Waals surface area contributed by atoms with Crippen LogP contribution >= 0.6 is 38.5 Å². The normalized spacial score (nSPS) is 10.2. The van der Waals surface area contributed by atoms with Crippen molar-refractivity contribution in [2.24, 2.45) is 0 Å². The number of hydrogen-bond donors (Lipinski definition) is 1. The molecule has 1 amide bonds. The summed E-state index contributed by atoms with van der Waals surface area (Å²) in [6, 6.07) is 11.2. The Kier molecular flexibility index (Phi) is 5.04. The van der Waals surface area contributed by atoms with Gasteiger partial charge in [0.1, 0.15) is 5.75 Å². The first kappa shape index (κ1) is 15.3. The Hall–Kier alpha value is -1.08. The Morgan fingerprint density at radius 1 is 1.30 bits per heavy atom. The second-order valence-corrected chi connectivity index (χ2v) is 6.31. The molecule has 0 saturated heterocycles. The number of benzene rings is 2. The van der Waals surface area contributed by atoms with E-state index in [1.807, 2.05) is 37.3 Å². The number of carbonyl (C=O) groups excluding carboxylic acids is 1. The van der Waals surface area contributed by atoms with Crippen LogP contribution in [0.15, 0.2) is 40.9 Å². The number of carbonyl (C=O) groups is 1. The molecule has 1 N–H and O–H groups in total. The van der Waals surface area contributed by atoms with Gasteiger partial charge < -0.3 is 10.1 Å². The monoisotopic (exact) mass is 445 g/mol. The van der Waals surface area contributed by atoms with Crippen molar-refractivity contribution in [1.82, 2.24) is 0 Å². The Morgan fingerprint density at radius 3 is 2.70 bits per heavy atom. The van der Waals surface area contributed by atoms with Crippen LogP contribution in [0, 0.1) is 10.5 Å². The lowest BCUT2D eigenvalue weighted by atomic mass is 10.1. The maximum absolute atomic E-state index is 12.4. The zero-order chi connectivity index (χ0) is 14.7. The van der Waals surface area contributed by atoms with Crippen molar-refractivity contribution >= 4 is 50.1 Å². The first-order valence-corrected chi connectivity index (χ1v) is 7.80. The quantitative estimate of drug-likeness (QED) is 0.700. The highest BCUT2D eigenvalue weighted by atomic mass is 127. The Morgan fingerprint density at radius 2 is 2.05 bits per heavy atom. The number of hydrogen-bond acceptors (Lipinski definition) is 2. The average molecular weight is 446 g/mol. The van der Waals surface area contributed by atoms with Crippen molar-refractivity contribution in [2.75, 3.05) is 12.4 Å². The fraction of sp³-hybridized carbons (Fsp3) is 0.133. The summed E-state index contributed by atoms with van der Waals surface area (Å²) < 4.78 is 7.26. The molecular weight excluding hydrogens is 433 g/mol. The summed E-state index contributed by atoms with van der Waals surface area (Å²) >= 11 is 5.59. The van der Waals surface area contributed by atoms with E-state index in [0.29, 0.717) is 11.3 Å². The maximum atomic E-state index is 12.4. The molecule has 104 valence electrons. The fourth-order valence-corrected chi connectivity index (χ4v) is 3.32. The van der Waals surface area contributed by atoms with Gasteiger partial charge in [0.2, 0.25) is 0 Å². The molecule has 0 aliphatic carbocycles. The summed E-state index contributed by atoms with van der Waals surface area (Å²) in [4.78, 5) is 12.4. The molecule has 0 radical (unpaired) electrons. The summed E-state index contributed by atoms with van der Waals surface area (Å²) in [5.41, 5.74) is 2.25. The molecule has 0 aliphatic rings. The molecule has 2 aromatic rings. The number of amides is 1. The minimum atomic E-state index is -0.175. The van der Waals surface area contributed by atoms with Gasteiger partial charge in [-0.05, 0) is 59.3 Å². The highest BCUT2D eigenvalue weighted by molar-refractivity contribution is 14.1. The topological polar surface area (TPSA) is 38.3 Å². The van der Waals surface area contributed by atoms with Crippen molar-refractivity contribution in [1.29, 1.82) is 0 Å². The van der Waals surface area contributed by atoms with E-state index in [-0.39, 0.29) is 5.91 Å². The van der Waals surface area contributed by atoms with E-state index < -0.39 is 0 Å². The number of rotatable bonds is 3. The van der Waals surface area contributed by atoms with Gasteiger partial charge in [-0.15, -0.1) is 0 Å². The van der Waals surface area contributed by atoms with E-state index in [2.05, 4.69) is 43.8 Å². The van der Waals surface area contributed by atoms with Crippen LogP contribution in [-0.4, -0.2) is 13.0 Å². The molecular formula is C15H13BrINO2. The number of halogens is 2. The van der Waals surface area contributed by atoms with E-state index in [1.54, 1.807) is 13.2 Å². The van der Waals surface area contributed by atoms with Gasteiger partial charge in [0.15, 0.2) is 0 Å². The summed E-state index contributed by atoms with van der Waals surface area (Å²) in [6.45, 7) is 1.92. The van der Waals surface area contributed by atoms with Crippen molar-refractivity contribution in [3.63, 3.8) is 0 Å². The van der Waals surface area contributed by atoms with E-state index in [1.165, 1.54) is 0 Å². The van der Waals surface area contributed by atoms with E-state index in [9.17, 15) is 4.79 Å². The van der Waals surface area contributed by atoms with Crippen LogP contribution in [0.3, 0.4) is 0 Å². The SMILES string of the molecule is COc1c(C)cccc1C(=O)Nc1ccc(Br)cc1I. The van der Waals surface area contributed by atoms with Crippen LogP contribution in [0.4, 0.5) is 5.69 Å². The molecule has 0 aliphatic heterocycles. The number of anilines is 1. The molecule has 20 heavy (non-hydrogen) atoms. The van der Waals surface area contributed by atoms with Gasteiger partial charge in [-0.2, -0.15) is 0 Å². The maximum Gasteiger partial charge on any atom is 0.259 e. The van der Waals surface area contributed by atoms with Gasteiger partial charge in [0, 0.05) is 8.04 Å². The lowest BCUT2D eigenvalue weighted by Gasteiger charge is -2.12. The van der Waals surface area contributed by atoms with Gasteiger partial charge >= 0.3 is 0 Å². The minimum Gasteiger partial charge on any atom is -0.496 e. The van der Waals surface area contributed by atoms with Crippen LogP contribution in [0.5, 0.6) is 5.75 Å². The summed E-state index contributed by atoms with van der Waals surface area (Å²) in [6.07, 6.45) is 0. The van der Waals surface area contributed by atoms with Crippen molar-refractivity contribution in [2.45, 2.75) is 6.92 Å². The van der Waals surface area contributed by atoms with E-state index >= 15 is 0 Å². The number of ether oxygens (including phenoxy) is 1. The van der Waals surface area contributed by atoms with Crippen LogP contribution < -0.4 is 10.1 Å². The Balaban J connectivity index is 2.31. The molecule has 0 heterocycles. The number of nitrogens with one attached hydrogen (secondary N) is 1. The van der Waals surface area contributed by atoms with Crippen molar-refractivity contribution in [3.05, 3.63) is 55.6 Å². The third kappa shape index (κ3) is 3.32. The van der Waals surface area contributed by atoms with E-state index in [4.69, 9.17) is 4.74 Å². The third-order valence-corrected chi connectivity index (χ3v) is 4.23. The average Bonchev–Trinajstić information content (AvgIpc) is 2.41. The standard InChI is InChI=1S/C15H13BrINO2/c1-9-4-3-5-11(14(9)20-2)15(19)18-13-7-6-10(16)8-12(13)17/h3-8H,1-2H3,(H,18,19). The van der Waals surface area contributed by atoms with Crippen LogP contribution in [-0.2, 0) is 0 Å². The smallest absolute Gasteiger partial charge is 0.259 e. The van der Waals surface area contributed by atoms with E-state index in [0.717, 1.165) is 19.3 Å². The van der Waals surface area contributed by atoms with Gasteiger partial charge in [0.25, 0.3) is 5.91 Å². The number of methoxy groups -OCH3 is 1. The van der Waals surface area contributed by atoms with Gasteiger partial charge in [0.05, 0.1) is 18.4 Å². The van der Waals surface area contributed by atoms with Gasteiger partial charge in [-0.3, -0.25) is 4.79 Å². The molecule has 2 aromatic carbocycles. The van der Waals surface area contributed by atoms with Crippen LogP contribution in [0.25, 0.3) is 0 Å². The molecule has 0 saturated carbocycles. The minimum absolute atomic E-state index is 0.175. The summed E-state index contributed by atoms with van der Waals surface area (Å²) in [7, 11) is 1.57. The largest absolute Gasteiger partial charge is 0.496 e. The molecule has 0 aromatic heterocycles. The highest BCUT2D eigenvalue weighted by Crippen LogP contribution is 2.26. The van der Waals surface area contributed by atoms with Crippen molar-refractivity contribution < 1.29 is 9.53 Å². The van der Waals surface area contributed by atoms with Crippen LogP contribution in [0.2, 0.25) is 0 Å². The zero-order valence-corrected chi connectivity index (χ0v) is 14.8. The summed E-state index contributed by atoms with van der Waals surface area (Å²) in [5.74, 6) is 0.433.